The van der Waals surface area contributed by atoms with Gasteiger partial charge in [0.05, 0.1) is 22.5 Å². The highest BCUT2D eigenvalue weighted by atomic mass is 32.2. The van der Waals surface area contributed by atoms with E-state index in [1.165, 1.54) is 21.8 Å². The molecule has 0 amide bonds. The van der Waals surface area contributed by atoms with E-state index in [1.54, 1.807) is 13.1 Å². The SMILES string of the molecule is CN1c2ccsc2-c2[nH]ncc2S1(=O)=O. The average Bonchev–Trinajstić information content (AvgIpc) is 2.82. The minimum absolute atomic E-state index is 0.250. The van der Waals surface area contributed by atoms with E-state index < -0.39 is 10.0 Å². The molecule has 0 saturated heterocycles. The fraction of sp³-hybridized carbons (Fsp3) is 0.125. The van der Waals surface area contributed by atoms with Gasteiger partial charge in [0, 0.05) is 7.05 Å². The number of hydrogen-bond acceptors (Lipinski definition) is 4. The van der Waals surface area contributed by atoms with Gasteiger partial charge in [-0.05, 0) is 11.4 Å². The highest BCUT2D eigenvalue weighted by molar-refractivity contribution is 7.93. The number of fused-ring (bicyclic) bond motifs is 3. The third-order valence-electron chi connectivity index (χ3n) is 2.45. The van der Waals surface area contributed by atoms with E-state index in [0.29, 0.717) is 11.4 Å². The van der Waals surface area contributed by atoms with Crippen molar-refractivity contribution in [3.05, 3.63) is 17.6 Å². The quantitative estimate of drug-likeness (QED) is 0.755. The number of nitrogens with zero attached hydrogens (tertiary/aromatic N) is 2. The number of anilines is 1. The lowest BCUT2D eigenvalue weighted by Gasteiger charge is -2.23. The van der Waals surface area contributed by atoms with Crippen LogP contribution in [0.4, 0.5) is 5.69 Å². The van der Waals surface area contributed by atoms with Crippen LogP contribution in [0.5, 0.6) is 0 Å². The molecule has 2 aromatic rings. The summed E-state index contributed by atoms with van der Waals surface area (Å²) < 4.78 is 25.3. The number of aromatic amines is 1. The van der Waals surface area contributed by atoms with Gasteiger partial charge in [-0.2, -0.15) is 5.10 Å². The Balaban J connectivity index is 2.46. The second kappa shape index (κ2) is 2.61. The maximum absolute atomic E-state index is 12.0. The molecule has 0 bridgehead atoms. The number of nitrogens with one attached hydrogen (secondary N) is 1. The smallest absolute Gasteiger partial charge is 0.267 e. The molecule has 1 aliphatic rings. The highest BCUT2D eigenvalue weighted by Crippen LogP contribution is 2.43. The van der Waals surface area contributed by atoms with Gasteiger partial charge < -0.3 is 0 Å². The van der Waals surface area contributed by atoms with E-state index in [4.69, 9.17) is 0 Å². The van der Waals surface area contributed by atoms with Crippen molar-refractivity contribution in [1.29, 1.82) is 0 Å². The lowest BCUT2D eigenvalue weighted by Crippen LogP contribution is -2.29. The molecule has 0 fully saturated rings. The maximum Gasteiger partial charge on any atom is 0.267 e. The van der Waals surface area contributed by atoms with Gasteiger partial charge in [-0.1, -0.05) is 0 Å². The fourth-order valence-corrected chi connectivity index (χ4v) is 4.00. The zero-order valence-electron chi connectivity index (χ0n) is 7.76. The van der Waals surface area contributed by atoms with E-state index in [-0.39, 0.29) is 4.90 Å². The lowest BCUT2D eigenvalue weighted by molar-refractivity contribution is 0.594. The van der Waals surface area contributed by atoms with Crippen molar-refractivity contribution in [2.45, 2.75) is 4.90 Å². The van der Waals surface area contributed by atoms with Crippen LogP contribution in [0.1, 0.15) is 0 Å². The maximum atomic E-state index is 12.0. The number of sulfonamides is 1. The van der Waals surface area contributed by atoms with Crippen LogP contribution in [-0.4, -0.2) is 25.7 Å². The average molecular weight is 241 g/mol. The van der Waals surface area contributed by atoms with Crippen LogP contribution in [0.3, 0.4) is 0 Å². The van der Waals surface area contributed by atoms with Crippen LogP contribution in [0, 0.1) is 0 Å². The Morgan fingerprint density at radius 1 is 1.53 bits per heavy atom. The largest absolute Gasteiger partial charge is 0.275 e. The van der Waals surface area contributed by atoms with Gasteiger partial charge in [-0.3, -0.25) is 9.40 Å². The molecule has 0 aliphatic carbocycles. The van der Waals surface area contributed by atoms with Crippen LogP contribution < -0.4 is 4.31 Å². The Labute approximate surface area is 90.4 Å². The second-order valence-electron chi connectivity index (χ2n) is 3.22. The van der Waals surface area contributed by atoms with Crippen molar-refractivity contribution >= 4 is 27.0 Å². The summed E-state index contributed by atoms with van der Waals surface area (Å²) in [5, 5.41) is 8.39. The van der Waals surface area contributed by atoms with Gasteiger partial charge in [0.1, 0.15) is 4.90 Å². The Morgan fingerprint density at radius 2 is 2.33 bits per heavy atom. The van der Waals surface area contributed by atoms with Crippen molar-refractivity contribution < 1.29 is 8.42 Å². The third kappa shape index (κ3) is 0.963. The first-order valence-corrected chi connectivity index (χ1v) is 6.54. The molecule has 0 aromatic carbocycles. The molecule has 1 aliphatic heterocycles. The Hall–Kier alpha value is -1.34. The van der Waals surface area contributed by atoms with Crippen LogP contribution in [0.25, 0.3) is 10.6 Å². The Kier molecular flexibility index (Phi) is 1.56. The Bertz CT molecular complexity index is 626. The molecule has 0 unspecified atom stereocenters. The van der Waals surface area contributed by atoms with Crippen LogP contribution in [-0.2, 0) is 10.0 Å². The summed E-state index contributed by atoms with van der Waals surface area (Å²) in [7, 11) is -1.86. The number of H-pyrrole nitrogens is 1. The second-order valence-corrected chi connectivity index (χ2v) is 6.07. The van der Waals surface area contributed by atoms with E-state index in [1.807, 2.05) is 5.38 Å². The van der Waals surface area contributed by atoms with Crippen molar-refractivity contribution in [2.24, 2.45) is 0 Å². The summed E-state index contributed by atoms with van der Waals surface area (Å²) in [4.78, 5) is 1.17. The standard InChI is InChI=1S/C8H7N3O2S2/c1-11-5-2-3-14-8(5)7-6(4-9-10-7)15(11,12)13/h2-4H,1H3,(H,9,10). The third-order valence-corrected chi connectivity index (χ3v) is 5.16. The minimum Gasteiger partial charge on any atom is -0.275 e. The normalized spacial score (nSPS) is 17.3. The topological polar surface area (TPSA) is 66.1 Å². The summed E-state index contributed by atoms with van der Waals surface area (Å²) in [6.07, 6.45) is 1.35. The van der Waals surface area contributed by atoms with Crippen molar-refractivity contribution in [2.75, 3.05) is 11.4 Å². The number of rotatable bonds is 0. The highest BCUT2D eigenvalue weighted by Gasteiger charge is 2.34. The van der Waals surface area contributed by atoms with Gasteiger partial charge in [0.25, 0.3) is 10.0 Å². The predicted molar refractivity (Wildman–Crippen MR) is 57.5 cm³/mol. The van der Waals surface area contributed by atoms with Gasteiger partial charge >= 0.3 is 0 Å². The summed E-state index contributed by atoms with van der Waals surface area (Å²) >= 11 is 1.50. The minimum atomic E-state index is -3.41. The van der Waals surface area contributed by atoms with Gasteiger partial charge in [0.2, 0.25) is 0 Å². The van der Waals surface area contributed by atoms with E-state index in [2.05, 4.69) is 10.2 Å². The molecule has 15 heavy (non-hydrogen) atoms. The summed E-state index contributed by atoms with van der Waals surface area (Å²) in [6, 6.07) is 1.79. The number of aromatic nitrogens is 2. The number of thiophene rings is 1. The first-order chi connectivity index (χ1) is 7.12. The lowest BCUT2D eigenvalue weighted by atomic mass is 10.3. The molecular weight excluding hydrogens is 234 g/mol. The molecule has 0 saturated carbocycles. The van der Waals surface area contributed by atoms with Crippen molar-refractivity contribution in [3.63, 3.8) is 0 Å². The zero-order chi connectivity index (χ0) is 10.6. The molecule has 7 heteroatoms. The number of hydrogen-bond donors (Lipinski definition) is 1. The monoisotopic (exact) mass is 241 g/mol. The van der Waals surface area contributed by atoms with Crippen molar-refractivity contribution in [3.8, 4) is 10.6 Å². The van der Waals surface area contributed by atoms with Gasteiger partial charge in [-0.15, -0.1) is 11.3 Å². The van der Waals surface area contributed by atoms with Crippen molar-refractivity contribution in [1.82, 2.24) is 10.2 Å². The van der Waals surface area contributed by atoms with Crippen LogP contribution in [0.2, 0.25) is 0 Å². The molecule has 3 heterocycles. The van der Waals surface area contributed by atoms with Crippen LogP contribution >= 0.6 is 11.3 Å². The van der Waals surface area contributed by atoms with E-state index in [0.717, 1.165) is 4.88 Å². The molecule has 78 valence electrons. The first-order valence-electron chi connectivity index (χ1n) is 4.22. The first kappa shape index (κ1) is 8.93. The predicted octanol–water partition coefficient (Wildman–Crippen LogP) is 1.28. The molecule has 0 radical (unpaired) electrons. The molecule has 2 aromatic heterocycles. The van der Waals surface area contributed by atoms with Gasteiger partial charge in [0.15, 0.2) is 0 Å². The molecule has 1 N–H and O–H groups in total. The molecular formula is C8H7N3O2S2. The summed E-state index contributed by atoms with van der Waals surface area (Å²) in [5.41, 5.74) is 1.30. The molecule has 0 atom stereocenters. The van der Waals surface area contributed by atoms with Crippen LogP contribution in [0.15, 0.2) is 22.5 Å². The Morgan fingerprint density at radius 3 is 3.13 bits per heavy atom. The van der Waals surface area contributed by atoms with Gasteiger partial charge in [-0.25, -0.2) is 8.42 Å². The zero-order valence-corrected chi connectivity index (χ0v) is 9.39. The van der Waals surface area contributed by atoms with E-state index >= 15 is 0 Å². The fourth-order valence-electron chi connectivity index (χ4n) is 1.65. The summed E-state index contributed by atoms with van der Waals surface area (Å²) in [5.74, 6) is 0. The van der Waals surface area contributed by atoms with E-state index in [9.17, 15) is 8.42 Å². The molecule has 5 nitrogen and oxygen atoms in total. The molecule has 0 spiro atoms. The molecule has 3 rings (SSSR count). The summed E-state index contributed by atoms with van der Waals surface area (Å²) in [6.45, 7) is 0.